The van der Waals surface area contributed by atoms with E-state index in [1.807, 2.05) is 54.6 Å². The van der Waals surface area contributed by atoms with Crippen LogP contribution in [0.2, 0.25) is 0 Å². The largest absolute Gasteiger partial charge is 0.454 e. The smallest absolute Gasteiger partial charge is 0.269 e. The van der Waals surface area contributed by atoms with Gasteiger partial charge in [-0.1, -0.05) is 30.3 Å². The molecule has 0 saturated heterocycles. The molecule has 1 amide bonds. The highest BCUT2D eigenvalue weighted by Crippen LogP contribution is 2.35. The third-order valence-corrected chi connectivity index (χ3v) is 4.20. The number of benzene rings is 2. The van der Waals surface area contributed by atoms with E-state index in [-0.39, 0.29) is 12.7 Å². The highest BCUT2D eigenvalue weighted by Gasteiger charge is 2.13. The molecule has 6 nitrogen and oxygen atoms in total. The molecule has 1 aliphatic heterocycles. The maximum Gasteiger partial charge on any atom is 0.269 e. The Labute approximate surface area is 157 Å². The SMILES string of the molecule is O=C(NCCc1ccccc1)c1cc(Nc2ccc3c(c2)OCO3)ccn1. The second kappa shape index (κ2) is 7.78. The highest BCUT2D eigenvalue weighted by molar-refractivity contribution is 5.93. The van der Waals surface area contributed by atoms with Crippen LogP contribution >= 0.6 is 0 Å². The predicted octanol–water partition coefficient (Wildman–Crippen LogP) is 3.53. The number of nitrogens with zero attached hydrogens (tertiary/aromatic N) is 1. The van der Waals surface area contributed by atoms with Crippen LogP contribution in [0.5, 0.6) is 11.5 Å². The van der Waals surface area contributed by atoms with Crippen LogP contribution in [0.15, 0.2) is 66.9 Å². The van der Waals surface area contributed by atoms with Crippen molar-refractivity contribution in [3.63, 3.8) is 0 Å². The molecule has 27 heavy (non-hydrogen) atoms. The molecule has 0 unspecified atom stereocenters. The molecule has 0 radical (unpaired) electrons. The van der Waals surface area contributed by atoms with E-state index < -0.39 is 0 Å². The monoisotopic (exact) mass is 361 g/mol. The topological polar surface area (TPSA) is 72.5 Å². The molecular formula is C21H19N3O3. The lowest BCUT2D eigenvalue weighted by Crippen LogP contribution is -2.26. The minimum absolute atomic E-state index is 0.194. The zero-order chi connectivity index (χ0) is 18.5. The third kappa shape index (κ3) is 4.17. The lowest BCUT2D eigenvalue weighted by atomic mass is 10.1. The molecule has 0 saturated carbocycles. The first kappa shape index (κ1) is 16.9. The van der Waals surface area contributed by atoms with Gasteiger partial charge in [0.25, 0.3) is 5.91 Å². The first-order chi connectivity index (χ1) is 13.3. The van der Waals surface area contributed by atoms with Crippen molar-refractivity contribution in [2.75, 3.05) is 18.7 Å². The molecule has 1 aromatic heterocycles. The second-order valence-corrected chi connectivity index (χ2v) is 6.11. The van der Waals surface area contributed by atoms with Crippen LogP contribution in [-0.4, -0.2) is 24.2 Å². The van der Waals surface area contributed by atoms with Crippen molar-refractivity contribution in [1.82, 2.24) is 10.3 Å². The zero-order valence-electron chi connectivity index (χ0n) is 14.6. The summed E-state index contributed by atoms with van der Waals surface area (Å²) in [4.78, 5) is 16.5. The number of rotatable bonds is 6. The van der Waals surface area contributed by atoms with E-state index in [1.54, 1.807) is 12.3 Å². The van der Waals surface area contributed by atoms with Crippen LogP contribution in [0.25, 0.3) is 0 Å². The number of ether oxygens (including phenoxy) is 2. The molecule has 2 aromatic carbocycles. The molecule has 0 spiro atoms. The van der Waals surface area contributed by atoms with E-state index >= 15 is 0 Å². The number of anilines is 2. The van der Waals surface area contributed by atoms with Crippen LogP contribution in [0, 0.1) is 0 Å². The van der Waals surface area contributed by atoms with Gasteiger partial charge in [0.2, 0.25) is 6.79 Å². The summed E-state index contributed by atoms with van der Waals surface area (Å²) in [7, 11) is 0. The molecule has 136 valence electrons. The first-order valence-corrected chi connectivity index (χ1v) is 8.73. The molecule has 2 N–H and O–H groups in total. The Morgan fingerprint density at radius 1 is 0.963 bits per heavy atom. The Kier molecular flexibility index (Phi) is 4.87. The van der Waals surface area contributed by atoms with Gasteiger partial charge < -0.3 is 20.1 Å². The van der Waals surface area contributed by atoms with E-state index in [9.17, 15) is 4.79 Å². The highest BCUT2D eigenvalue weighted by atomic mass is 16.7. The Balaban J connectivity index is 1.37. The summed E-state index contributed by atoms with van der Waals surface area (Å²) in [6.07, 6.45) is 2.39. The second-order valence-electron chi connectivity index (χ2n) is 6.11. The number of hydrogen-bond acceptors (Lipinski definition) is 5. The first-order valence-electron chi connectivity index (χ1n) is 8.73. The third-order valence-electron chi connectivity index (χ3n) is 4.20. The van der Waals surface area contributed by atoms with Gasteiger partial charge in [0.1, 0.15) is 5.69 Å². The van der Waals surface area contributed by atoms with E-state index in [0.29, 0.717) is 18.0 Å². The molecule has 3 aromatic rings. The van der Waals surface area contributed by atoms with Crippen molar-refractivity contribution < 1.29 is 14.3 Å². The number of aromatic nitrogens is 1. The van der Waals surface area contributed by atoms with E-state index in [1.165, 1.54) is 5.56 Å². The van der Waals surface area contributed by atoms with Crippen molar-refractivity contribution >= 4 is 17.3 Å². The summed E-state index contributed by atoms with van der Waals surface area (Å²) < 4.78 is 10.7. The van der Waals surface area contributed by atoms with Crippen LogP contribution in [0.3, 0.4) is 0 Å². The molecule has 1 aliphatic rings. The molecular weight excluding hydrogens is 342 g/mol. The zero-order valence-corrected chi connectivity index (χ0v) is 14.6. The molecule has 6 heteroatoms. The number of hydrogen-bond donors (Lipinski definition) is 2. The van der Waals surface area contributed by atoms with Crippen molar-refractivity contribution in [2.45, 2.75) is 6.42 Å². The number of carbonyl (C=O) groups is 1. The summed E-state index contributed by atoms with van der Waals surface area (Å²) >= 11 is 0. The number of carbonyl (C=O) groups excluding carboxylic acids is 1. The summed E-state index contributed by atoms with van der Waals surface area (Å²) in [6.45, 7) is 0.797. The Morgan fingerprint density at radius 2 is 1.78 bits per heavy atom. The average molecular weight is 361 g/mol. The molecule has 4 rings (SSSR count). The number of nitrogens with one attached hydrogen (secondary N) is 2. The van der Waals surface area contributed by atoms with E-state index in [2.05, 4.69) is 15.6 Å². The number of pyridine rings is 1. The van der Waals surface area contributed by atoms with Crippen LogP contribution in [0.4, 0.5) is 11.4 Å². The predicted molar refractivity (Wildman–Crippen MR) is 103 cm³/mol. The van der Waals surface area contributed by atoms with Crippen molar-refractivity contribution in [3.05, 3.63) is 78.1 Å². The van der Waals surface area contributed by atoms with Crippen molar-refractivity contribution in [3.8, 4) is 11.5 Å². The summed E-state index contributed by atoms with van der Waals surface area (Å²) in [6, 6.07) is 19.2. The maximum atomic E-state index is 12.4. The molecule has 0 atom stereocenters. The lowest BCUT2D eigenvalue weighted by molar-refractivity contribution is 0.0949. The van der Waals surface area contributed by atoms with Gasteiger partial charge in [-0.05, 0) is 36.2 Å². The summed E-state index contributed by atoms with van der Waals surface area (Å²) in [5.74, 6) is 1.24. The minimum Gasteiger partial charge on any atom is -0.454 e. The fourth-order valence-corrected chi connectivity index (χ4v) is 2.83. The van der Waals surface area contributed by atoms with Crippen LogP contribution < -0.4 is 20.1 Å². The van der Waals surface area contributed by atoms with Gasteiger partial charge in [-0.15, -0.1) is 0 Å². The minimum atomic E-state index is -0.194. The van der Waals surface area contributed by atoms with E-state index in [4.69, 9.17) is 9.47 Å². The standard InChI is InChI=1S/C21H19N3O3/c25-21(23-10-8-15-4-2-1-3-5-15)18-12-17(9-11-22-18)24-16-6-7-19-20(13-16)27-14-26-19/h1-7,9,11-13H,8,10,14H2,(H,22,24)(H,23,25). The van der Waals surface area contributed by atoms with Crippen molar-refractivity contribution in [1.29, 1.82) is 0 Å². The van der Waals surface area contributed by atoms with Gasteiger partial charge in [0.15, 0.2) is 11.5 Å². The Morgan fingerprint density at radius 3 is 2.67 bits per heavy atom. The summed E-state index contributed by atoms with van der Waals surface area (Å²) in [5, 5.41) is 6.16. The molecule has 0 bridgehead atoms. The molecule has 2 heterocycles. The Bertz CT molecular complexity index is 944. The normalized spacial score (nSPS) is 11.9. The maximum absolute atomic E-state index is 12.4. The van der Waals surface area contributed by atoms with Crippen LogP contribution in [0.1, 0.15) is 16.1 Å². The molecule has 0 aliphatic carbocycles. The number of amides is 1. The number of fused-ring (bicyclic) bond motifs is 1. The Hall–Kier alpha value is -3.54. The van der Waals surface area contributed by atoms with Gasteiger partial charge in [-0.25, -0.2) is 0 Å². The average Bonchev–Trinajstić information content (AvgIpc) is 3.17. The lowest BCUT2D eigenvalue weighted by Gasteiger charge is -2.09. The summed E-state index contributed by atoms with van der Waals surface area (Å²) in [5.41, 5.74) is 3.18. The van der Waals surface area contributed by atoms with Gasteiger partial charge >= 0.3 is 0 Å². The van der Waals surface area contributed by atoms with E-state index in [0.717, 1.165) is 23.5 Å². The van der Waals surface area contributed by atoms with Gasteiger partial charge in [0, 0.05) is 30.2 Å². The van der Waals surface area contributed by atoms with Gasteiger partial charge in [-0.3, -0.25) is 9.78 Å². The van der Waals surface area contributed by atoms with Crippen molar-refractivity contribution in [2.24, 2.45) is 0 Å². The quantitative estimate of drug-likeness (QED) is 0.703. The van der Waals surface area contributed by atoms with Gasteiger partial charge in [-0.2, -0.15) is 0 Å². The van der Waals surface area contributed by atoms with Crippen LogP contribution in [-0.2, 0) is 6.42 Å². The fourth-order valence-electron chi connectivity index (χ4n) is 2.83. The fraction of sp³-hybridized carbons (Fsp3) is 0.143. The molecule has 0 fully saturated rings. The van der Waals surface area contributed by atoms with Gasteiger partial charge in [0.05, 0.1) is 0 Å².